The Morgan fingerprint density at radius 3 is 2.21 bits per heavy atom. The van der Waals surface area contributed by atoms with Crippen molar-refractivity contribution < 1.29 is 18.3 Å². The number of hydrogen-bond acceptors (Lipinski definition) is 5. The van der Waals surface area contributed by atoms with Crippen molar-refractivity contribution in [1.29, 1.82) is 0 Å². The number of ketones is 1. The van der Waals surface area contributed by atoms with Crippen LogP contribution in [-0.4, -0.2) is 42.9 Å². The van der Waals surface area contributed by atoms with Crippen LogP contribution in [0.1, 0.15) is 26.7 Å². The van der Waals surface area contributed by atoms with E-state index in [1.54, 1.807) is 12.1 Å². The van der Waals surface area contributed by atoms with E-state index in [0.29, 0.717) is 18.5 Å². The van der Waals surface area contributed by atoms with Gasteiger partial charge in [-0.1, -0.05) is 26.0 Å². The minimum absolute atomic E-state index is 0.0358. The zero-order chi connectivity index (χ0) is 20.9. The Kier molecular flexibility index (Phi) is 6.74. The Morgan fingerprint density at radius 1 is 1.14 bits per heavy atom. The quantitative estimate of drug-likeness (QED) is 0.527. The van der Waals surface area contributed by atoms with Crippen LogP contribution in [0.4, 0.5) is 5.69 Å². The monoisotopic (exact) mass is 402 g/mol. The number of carbonyl (C=O) groups excluding carboxylic acids is 1. The third kappa shape index (κ3) is 5.05. The summed E-state index contributed by atoms with van der Waals surface area (Å²) in [5, 5.41) is 10.1. The van der Waals surface area contributed by atoms with Gasteiger partial charge in [-0.2, -0.15) is 4.31 Å². The van der Waals surface area contributed by atoms with Crippen LogP contribution < -0.4 is 0 Å². The van der Waals surface area contributed by atoms with Crippen molar-refractivity contribution in [2.24, 2.45) is 10.4 Å². The molecule has 0 spiro atoms. The summed E-state index contributed by atoms with van der Waals surface area (Å²) in [6.07, 6.45) is 5.14. The minimum Gasteiger partial charge on any atom is -0.511 e. The zero-order valence-electron chi connectivity index (χ0n) is 16.3. The molecule has 0 aromatic heterocycles. The van der Waals surface area contributed by atoms with Gasteiger partial charge in [0.1, 0.15) is 5.76 Å². The second-order valence-corrected chi connectivity index (χ2v) is 9.39. The molecule has 6 nitrogen and oxygen atoms in total. The number of allylic oxidation sites excluding steroid dienone is 2. The second kappa shape index (κ2) is 8.67. The largest absolute Gasteiger partial charge is 0.511 e. The lowest BCUT2D eigenvalue weighted by Crippen LogP contribution is -2.31. The van der Waals surface area contributed by atoms with E-state index in [0.717, 1.165) is 0 Å². The van der Waals surface area contributed by atoms with Gasteiger partial charge >= 0.3 is 0 Å². The lowest BCUT2D eigenvalue weighted by molar-refractivity contribution is -0.117. The Morgan fingerprint density at radius 2 is 1.71 bits per heavy atom. The number of carbonyl (C=O) groups is 1. The predicted octanol–water partition coefficient (Wildman–Crippen LogP) is 3.95. The van der Waals surface area contributed by atoms with Crippen LogP contribution >= 0.6 is 0 Å². The first kappa shape index (κ1) is 21.8. The molecule has 0 heterocycles. The van der Waals surface area contributed by atoms with Crippen molar-refractivity contribution in [3.8, 4) is 0 Å². The fraction of sp³-hybridized carbons (Fsp3) is 0.333. The standard InChI is InChI=1S/C21H26N2O4S/c1-5-11-23(12-6-2)28(26,27)17-9-7-16(8-10-17)22-15-18-19(24)13-21(3,4)14-20(18)25/h5-10,15,24H,1-2,11-14H2,3-4H3. The Bertz CT molecular complexity index is 916. The molecule has 1 aliphatic carbocycles. The maximum Gasteiger partial charge on any atom is 0.243 e. The van der Waals surface area contributed by atoms with Crippen LogP contribution in [0.3, 0.4) is 0 Å². The number of Topliss-reactive ketones (excluding diaryl/α,β-unsaturated/α-hetero) is 1. The molecule has 0 bridgehead atoms. The number of rotatable bonds is 8. The van der Waals surface area contributed by atoms with E-state index in [9.17, 15) is 18.3 Å². The third-order valence-corrected chi connectivity index (χ3v) is 6.22. The summed E-state index contributed by atoms with van der Waals surface area (Å²) in [5.41, 5.74) is 0.423. The minimum atomic E-state index is -3.67. The average Bonchev–Trinajstić information content (AvgIpc) is 2.60. The lowest BCUT2D eigenvalue weighted by Gasteiger charge is -2.28. The fourth-order valence-corrected chi connectivity index (χ4v) is 4.38. The molecule has 150 valence electrons. The maximum atomic E-state index is 12.7. The highest BCUT2D eigenvalue weighted by molar-refractivity contribution is 7.89. The number of benzene rings is 1. The van der Waals surface area contributed by atoms with Gasteiger partial charge < -0.3 is 5.11 Å². The van der Waals surface area contributed by atoms with E-state index in [1.165, 1.54) is 34.8 Å². The normalized spacial score (nSPS) is 17.3. The summed E-state index contributed by atoms with van der Waals surface area (Å²) in [7, 11) is -3.67. The Balaban J connectivity index is 2.23. The molecule has 2 rings (SSSR count). The number of hydrogen-bond donors (Lipinski definition) is 1. The van der Waals surface area contributed by atoms with E-state index >= 15 is 0 Å². The first-order valence-electron chi connectivity index (χ1n) is 8.92. The van der Waals surface area contributed by atoms with Gasteiger partial charge in [0, 0.05) is 32.1 Å². The smallest absolute Gasteiger partial charge is 0.243 e. The number of aliphatic imine (C=N–C) groups is 1. The molecule has 7 heteroatoms. The molecule has 0 aliphatic heterocycles. The molecule has 28 heavy (non-hydrogen) atoms. The molecule has 0 atom stereocenters. The van der Waals surface area contributed by atoms with E-state index in [4.69, 9.17) is 0 Å². The highest BCUT2D eigenvalue weighted by atomic mass is 32.2. The van der Waals surface area contributed by atoms with Gasteiger partial charge in [-0.25, -0.2) is 8.42 Å². The summed E-state index contributed by atoms with van der Waals surface area (Å²) in [6.45, 7) is 11.4. The Hall–Kier alpha value is -2.51. The lowest BCUT2D eigenvalue weighted by atomic mass is 9.77. The predicted molar refractivity (Wildman–Crippen MR) is 111 cm³/mol. The molecule has 0 saturated carbocycles. The van der Waals surface area contributed by atoms with Crippen LogP contribution in [0, 0.1) is 5.41 Å². The van der Waals surface area contributed by atoms with E-state index in [1.807, 2.05) is 13.8 Å². The van der Waals surface area contributed by atoms with Crippen LogP contribution in [0.15, 0.2) is 70.8 Å². The fourth-order valence-electron chi connectivity index (χ4n) is 3.00. The van der Waals surface area contributed by atoms with Gasteiger partial charge in [-0.05, 0) is 29.7 Å². The highest BCUT2D eigenvalue weighted by Crippen LogP contribution is 2.35. The number of aliphatic hydroxyl groups excluding tert-OH is 1. The zero-order valence-corrected chi connectivity index (χ0v) is 17.1. The van der Waals surface area contributed by atoms with Gasteiger partial charge in [-0.15, -0.1) is 13.2 Å². The van der Waals surface area contributed by atoms with E-state index in [-0.39, 0.29) is 40.5 Å². The van der Waals surface area contributed by atoms with Crippen LogP contribution in [-0.2, 0) is 14.8 Å². The summed E-state index contributed by atoms with van der Waals surface area (Å²) in [4.78, 5) is 16.6. The van der Waals surface area contributed by atoms with Crippen molar-refractivity contribution in [2.75, 3.05) is 13.1 Å². The molecule has 1 aliphatic rings. The van der Waals surface area contributed by atoms with Crippen LogP contribution in [0.25, 0.3) is 0 Å². The Labute approximate surface area is 166 Å². The average molecular weight is 403 g/mol. The molecule has 0 radical (unpaired) electrons. The first-order chi connectivity index (χ1) is 13.1. The number of nitrogens with zero attached hydrogens (tertiary/aromatic N) is 2. The van der Waals surface area contributed by atoms with Gasteiger partial charge in [0.15, 0.2) is 5.78 Å². The van der Waals surface area contributed by atoms with Crippen molar-refractivity contribution in [2.45, 2.75) is 31.6 Å². The molecule has 1 aromatic carbocycles. The topological polar surface area (TPSA) is 87.0 Å². The third-order valence-electron chi connectivity index (χ3n) is 4.38. The number of aliphatic hydroxyl groups is 1. The van der Waals surface area contributed by atoms with Crippen LogP contribution in [0.2, 0.25) is 0 Å². The summed E-state index contributed by atoms with van der Waals surface area (Å²) in [5.74, 6) is -0.116. The van der Waals surface area contributed by atoms with Gasteiger partial charge in [0.2, 0.25) is 10.0 Å². The molecular formula is C21H26N2O4S. The molecule has 1 aromatic rings. The molecule has 0 amide bonds. The van der Waals surface area contributed by atoms with Gasteiger partial charge in [-0.3, -0.25) is 9.79 Å². The summed E-state index contributed by atoms with van der Waals surface area (Å²) < 4.78 is 26.6. The first-order valence-corrected chi connectivity index (χ1v) is 10.4. The molecule has 0 saturated heterocycles. The molecular weight excluding hydrogens is 376 g/mol. The SMILES string of the molecule is C=CCN(CC=C)S(=O)(=O)c1ccc(N=CC2=C(O)CC(C)(C)CC2=O)cc1. The van der Waals surface area contributed by atoms with Crippen molar-refractivity contribution in [3.63, 3.8) is 0 Å². The van der Waals surface area contributed by atoms with E-state index in [2.05, 4.69) is 18.2 Å². The van der Waals surface area contributed by atoms with E-state index < -0.39 is 10.0 Å². The second-order valence-electron chi connectivity index (χ2n) is 7.45. The molecule has 0 unspecified atom stereocenters. The van der Waals surface area contributed by atoms with Crippen LogP contribution in [0.5, 0.6) is 0 Å². The summed E-state index contributed by atoms with van der Waals surface area (Å²) in [6, 6.07) is 6.03. The van der Waals surface area contributed by atoms with Crippen molar-refractivity contribution >= 4 is 27.7 Å². The summed E-state index contributed by atoms with van der Waals surface area (Å²) >= 11 is 0. The molecule has 1 N–H and O–H groups in total. The maximum absolute atomic E-state index is 12.7. The van der Waals surface area contributed by atoms with Gasteiger partial charge in [0.25, 0.3) is 0 Å². The highest BCUT2D eigenvalue weighted by Gasteiger charge is 2.32. The van der Waals surface area contributed by atoms with Gasteiger partial charge in [0.05, 0.1) is 16.2 Å². The molecule has 0 fully saturated rings. The van der Waals surface area contributed by atoms with Crippen molar-refractivity contribution in [3.05, 3.63) is 60.9 Å². The van der Waals surface area contributed by atoms with Crippen molar-refractivity contribution in [1.82, 2.24) is 4.31 Å². The number of sulfonamides is 1.